The highest BCUT2D eigenvalue weighted by Crippen LogP contribution is 1.85. The van der Waals surface area contributed by atoms with E-state index in [0.29, 0.717) is 0 Å². The number of hydrogen-bond donors (Lipinski definition) is 0. The average Bonchev–Trinajstić information content (AvgIpc) is 1.69. The average molecular weight is 168 g/mol. The molecular formula is C5H7BF4N. The van der Waals surface area contributed by atoms with Crippen molar-refractivity contribution in [1.29, 1.82) is 0 Å². The summed E-state index contributed by atoms with van der Waals surface area (Å²) in [4.78, 5) is 3.31. The van der Waals surface area contributed by atoms with Gasteiger partial charge in [0.2, 0.25) is 5.95 Å². The number of nitrogens with zero attached hydrogens (tertiary/aromatic N) is 1. The van der Waals surface area contributed by atoms with E-state index in [4.69, 9.17) is 0 Å². The van der Waals surface area contributed by atoms with Gasteiger partial charge in [-0.1, -0.05) is 6.07 Å². The molecule has 0 aliphatic carbocycles. The molecule has 0 atom stereocenters. The first-order valence-corrected chi connectivity index (χ1v) is 1.96. The first-order chi connectivity index (χ1) is 3.39. The summed E-state index contributed by atoms with van der Waals surface area (Å²) in [6, 6.07) is 4.57. The summed E-state index contributed by atoms with van der Waals surface area (Å²) < 4.78 is 11.8. The molecule has 63 valence electrons. The van der Waals surface area contributed by atoms with Gasteiger partial charge in [0.1, 0.15) is 0 Å². The predicted molar refractivity (Wildman–Crippen MR) is 37.5 cm³/mol. The molecule has 0 aromatic carbocycles. The molecule has 0 saturated carbocycles. The van der Waals surface area contributed by atoms with Crippen LogP contribution in [-0.2, 0) is 0 Å². The van der Waals surface area contributed by atoms with Gasteiger partial charge in [-0.05, 0) is 12.1 Å². The largest absolute Gasteiger partial charge is 0.269 e. The van der Waals surface area contributed by atoms with E-state index in [1.165, 1.54) is 12.3 Å². The van der Waals surface area contributed by atoms with Crippen LogP contribution in [0.1, 0.15) is 0 Å². The monoisotopic (exact) mass is 168 g/mol. The number of hydrogen-bond acceptors (Lipinski definition) is 1. The van der Waals surface area contributed by atoms with Crippen LogP contribution in [0.4, 0.5) is 18.5 Å². The quantitative estimate of drug-likeness (QED) is 0.323. The summed E-state index contributed by atoms with van der Waals surface area (Å²) >= 11 is 0. The first-order valence-electron chi connectivity index (χ1n) is 1.96. The first kappa shape index (κ1) is 22.5. The third-order valence-corrected chi connectivity index (χ3v) is 0.629. The van der Waals surface area contributed by atoms with Gasteiger partial charge in [0, 0.05) is 14.6 Å². The van der Waals surface area contributed by atoms with Crippen molar-refractivity contribution in [3.63, 3.8) is 0 Å². The molecule has 0 N–H and O–H groups in total. The van der Waals surface area contributed by atoms with Crippen molar-refractivity contribution in [2.45, 2.75) is 0 Å². The molecule has 0 saturated heterocycles. The number of pyridine rings is 1. The van der Waals surface area contributed by atoms with Crippen LogP contribution < -0.4 is 0 Å². The molecule has 3 radical (unpaired) electrons. The van der Waals surface area contributed by atoms with Gasteiger partial charge in [-0.15, -0.1) is 0 Å². The van der Waals surface area contributed by atoms with Gasteiger partial charge in [-0.3, -0.25) is 14.1 Å². The Labute approximate surface area is 63.3 Å². The van der Waals surface area contributed by atoms with Crippen LogP contribution >= 0.6 is 0 Å². The lowest BCUT2D eigenvalue weighted by atomic mass is 10.5. The van der Waals surface area contributed by atoms with E-state index in [2.05, 4.69) is 4.98 Å². The van der Waals surface area contributed by atoms with E-state index >= 15 is 0 Å². The maximum atomic E-state index is 11.8. The highest BCUT2D eigenvalue weighted by molar-refractivity contribution is 5.75. The Bertz CT molecular complexity index is 148. The second-order valence-electron chi connectivity index (χ2n) is 1.15. The molecular weight excluding hydrogens is 161 g/mol. The Morgan fingerprint density at radius 1 is 1.09 bits per heavy atom. The van der Waals surface area contributed by atoms with Gasteiger partial charge in [0.15, 0.2) is 0 Å². The molecule has 0 amide bonds. The second-order valence-corrected chi connectivity index (χ2v) is 1.15. The molecule has 1 heterocycles. The van der Waals surface area contributed by atoms with E-state index in [1.54, 1.807) is 12.1 Å². The lowest BCUT2D eigenvalue weighted by Gasteiger charge is -1.78. The van der Waals surface area contributed by atoms with E-state index in [1.807, 2.05) is 0 Å². The molecule has 1 rings (SSSR count). The van der Waals surface area contributed by atoms with Gasteiger partial charge in [0.25, 0.3) is 0 Å². The summed E-state index contributed by atoms with van der Waals surface area (Å²) in [6.07, 6.45) is 1.41. The molecule has 0 fully saturated rings. The Hall–Kier alpha value is -1.07. The Morgan fingerprint density at radius 3 is 1.82 bits per heavy atom. The molecule has 0 bridgehead atoms. The third kappa shape index (κ3) is 8.93. The summed E-state index contributed by atoms with van der Waals surface area (Å²) in [5.74, 6) is -0.428. The highest BCUT2D eigenvalue weighted by Gasteiger charge is 1.78. The third-order valence-electron chi connectivity index (χ3n) is 0.629. The van der Waals surface area contributed by atoms with E-state index in [-0.39, 0.29) is 22.5 Å². The minimum Gasteiger partial charge on any atom is -0.269 e. The van der Waals surface area contributed by atoms with Crippen molar-refractivity contribution >= 4 is 8.41 Å². The molecule has 0 unspecified atom stereocenters. The maximum Gasteiger partial charge on any atom is 0.212 e. The summed E-state index contributed by atoms with van der Waals surface area (Å²) in [6.45, 7) is 0. The Kier molecular flexibility index (Phi) is 23.9. The molecule has 6 heteroatoms. The Balaban J connectivity index is -0.0000000612. The van der Waals surface area contributed by atoms with Crippen molar-refractivity contribution in [2.75, 3.05) is 0 Å². The number of aromatic nitrogens is 1. The van der Waals surface area contributed by atoms with E-state index in [0.717, 1.165) is 0 Å². The van der Waals surface area contributed by atoms with Gasteiger partial charge >= 0.3 is 0 Å². The molecule has 11 heavy (non-hydrogen) atoms. The predicted octanol–water partition coefficient (Wildman–Crippen LogP) is 1.30. The van der Waals surface area contributed by atoms with Gasteiger partial charge < -0.3 is 0 Å². The highest BCUT2D eigenvalue weighted by atomic mass is 19.1. The van der Waals surface area contributed by atoms with Crippen molar-refractivity contribution in [1.82, 2.24) is 4.98 Å². The fourth-order valence-corrected chi connectivity index (χ4v) is 0.342. The molecule has 0 spiro atoms. The van der Waals surface area contributed by atoms with E-state index in [9.17, 15) is 4.39 Å². The van der Waals surface area contributed by atoms with Crippen molar-refractivity contribution in [2.24, 2.45) is 0 Å². The fraction of sp³-hybridized carbons (Fsp3) is 0. The van der Waals surface area contributed by atoms with Gasteiger partial charge in [0.05, 0.1) is 0 Å². The van der Waals surface area contributed by atoms with Crippen LogP contribution in [0.3, 0.4) is 0 Å². The summed E-state index contributed by atoms with van der Waals surface area (Å²) in [7, 11) is 0. The summed E-state index contributed by atoms with van der Waals surface area (Å²) in [5, 5.41) is 0. The lowest BCUT2D eigenvalue weighted by Crippen LogP contribution is -1.73. The zero-order valence-electron chi connectivity index (χ0n) is 5.44. The fourth-order valence-electron chi connectivity index (χ4n) is 0.342. The van der Waals surface area contributed by atoms with Crippen LogP contribution in [0.5, 0.6) is 0 Å². The van der Waals surface area contributed by atoms with Crippen LogP contribution in [0.15, 0.2) is 24.4 Å². The van der Waals surface area contributed by atoms with Crippen LogP contribution in [-0.4, -0.2) is 13.4 Å². The molecule has 0 aliphatic rings. The van der Waals surface area contributed by atoms with Crippen molar-refractivity contribution in [3.8, 4) is 0 Å². The van der Waals surface area contributed by atoms with Gasteiger partial charge in [-0.2, -0.15) is 4.39 Å². The molecule has 1 nitrogen and oxygen atoms in total. The van der Waals surface area contributed by atoms with Crippen LogP contribution in [0.2, 0.25) is 0 Å². The number of halogens is 4. The lowest BCUT2D eigenvalue weighted by molar-refractivity contribution is 0.584. The standard InChI is InChI=1S/C5H4FN.B.3FH/c6-5-3-1-2-4-7-5;;;;/h1-4H;;3*1H. The minimum absolute atomic E-state index is 0. The zero-order valence-corrected chi connectivity index (χ0v) is 5.44. The molecule has 1 aromatic heterocycles. The normalized spacial score (nSPS) is 5.55. The van der Waals surface area contributed by atoms with E-state index < -0.39 is 5.95 Å². The topological polar surface area (TPSA) is 12.9 Å². The van der Waals surface area contributed by atoms with Gasteiger partial charge in [-0.25, -0.2) is 4.98 Å². The van der Waals surface area contributed by atoms with Crippen molar-refractivity contribution in [3.05, 3.63) is 30.3 Å². The number of rotatable bonds is 0. The molecule has 1 aromatic rings. The maximum absolute atomic E-state index is 11.8. The molecule has 0 aliphatic heterocycles. The Morgan fingerprint density at radius 2 is 1.64 bits per heavy atom. The SMILES string of the molecule is F.F.F.Fc1ccccn1.[B]. The minimum atomic E-state index is -0.428. The smallest absolute Gasteiger partial charge is 0.212 e. The van der Waals surface area contributed by atoms with Crippen molar-refractivity contribution < 1.29 is 18.5 Å². The van der Waals surface area contributed by atoms with Crippen LogP contribution in [0.25, 0.3) is 0 Å². The second kappa shape index (κ2) is 11.7. The zero-order chi connectivity index (χ0) is 5.11. The van der Waals surface area contributed by atoms with Crippen LogP contribution in [0, 0.1) is 5.95 Å². The summed E-state index contributed by atoms with van der Waals surface area (Å²) in [5.41, 5.74) is 0.